The Bertz CT molecular complexity index is 331. The minimum Gasteiger partial charge on any atom is -0.479 e. The van der Waals surface area contributed by atoms with Gasteiger partial charge in [-0.05, 0) is 33.1 Å². The molecule has 0 bridgehead atoms. The number of aliphatic carboxylic acids is 1. The summed E-state index contributed by atoms with van der Waals surface area (Å²) < 4.78 is 9.96. The Kier molecular flexibility index (Phi) is 5.96. The van der Waals surface area contributed by atoms with Gasteiger partial charge in [-0.1, -0.05) is 13.8 Å². The van der Waals surface area contributed by atoms with E-state index in [1.165, 1.54) is 7.11 Å². The third-order valence-electron chi connectivity index (χ3n) is 2.38. The highest BCUT2D eigenvalue weighted by atomic mass is 16.6. The first-order chi connectivity index (χ1) is 8.44. The van der Waals surface area contributed by atoms with Crippen molar-refractivity contribution >= 4 is 11.9 Å². The second-order valence-corrected chi connectivity index (χ2v) is 5.98. The van der Waals surface area contributed by atoms with Gasteiger partial charge in [-0.15, -0.1) is 0 Å². The van der Waals surface area contributed by atoms with Crippen molar-refractivity contribution in [3.05, 3.63) is 0 Å². The fourth-order valence-electron chi connectivity index (χ4n) is 1.77. The molecule has 0 unspecified atom stereocenters. The van der Waals surface area contributed by atoms with Gasteiger partial charge in [0.1, 0.15) is 5.60 Å². The van der Waals surface area contributed by atoms with Crippen molar-refractivity contribution in [2.45, 2.75) is 58.3 Å². The van der Waals surface area contributed by atoms with Gasteiger partial charge in [0.05, 0.1) is 0 Å². The van der Waals surface area contributed by atoms with Crippen LogP contribution in [0.4, 0.5) is 0 Å². The van der Waals surface area contributed by atoms with Crippen LogP contribution in [-0.4, -0.2) is 46.6 Å². The van der Waals surface area contributed by atoms with Gasteiger partial charge in [-0.2, -0.15) is 0 Å². The highest BCUT2D eigenvalue weighted by molar-refractivity contribution is 5.88. The van der Waals surface area contributed by atoms with Gasteiger partial charge in [0.2, 0.25) is 0 Å². The number of carboxylic acids is 1. The quantitative estimate of drug-likeness (QED) is 0.708. The van der Waals surface area contributed by atoms with Gasteiger partial charge in [-0.3, -0.25) is 0 Å². The average molecular weight is 276 g/mol. The fourth-order valence-corrected chi connectivity index (χ4v) is 1.77. The molecule has 0 aromatic carbocycles. The molecule has 112 valence electrons. The zero-order chi connectivity index (χ0) is 15.4. The second-order valence-electron chi connectivity index (χ2n) is 5.98. The number of hydrogen-bond donors (Lipinski definition) is 2. The molecular formula is C13H24O6. The number of carbonyl (C=O) groups is 2. The number of hydrogen-bond acceptors (Lipinski definition) is 5. The normalized spacial score (nSPS) is 16.8. The van der Waals surface area contributed by atoms with E-state index in [1.54, 1.807) is 34.6 Å². The van der Waals surface area contributed by atoms with Crippen LogP contribution >= 0.6 is 0 Å². The molecule has 0 aliphatic rings. The summed E-state index contributed by atoms with van der Waals surface area (Å²) in [6.45, 7) is 8.45. The van der Waals surface area contributed by atoms with Gasteiger partial charge in [0.25, 0.3) is 0 Å². The molecular weight excluding hydrogens is 252 g/mol. The van der Waals surface area contributed by atoms with Crippen LogP contribution in [0.25, 0.3) is 0 Å². The minimum absolute atomic E-state index is 0.111. The van der Waals surface area contributed by atoms with E-state index in [1.807, 2.05) is 0 Å². The summed E-state index contributed by atoms with van der Waals surface area (Å²) in [7, 11) is 1.17. The average Bonchev–Trinajstić information content (AvgIpc) is 2.13. The summed E-state index contributed by atoms with van der Waals surface area (Å²) in [5, 5.41) is 19.5. The topological polar surface area (TPSA) is 93.1 Å². The van der Waals surface area contributed by atoms with E-state index < -0.39 is 29.2 Å². The number of esters is 1. The Balaban J connectivity index is 5.26. The molecule has 6 nitrogen and oxygen atoms in total. The van der Waals surface area contributed by atoms with E-state index in [2.05, 4.69) is 0 Å². The van der Waals surface area contributed by atoms with E-state index in [0.29, 0.717) is 0 Å². The van der Waals surface area contributed by atoms with Gasteiger partial charge in [-0.25, -0.2) is 9.59 Å². The van der Waals surface area contributed by atoms with Gasteiger partial charge >= 0.3 is 11.9 Å². The molecule has 0 saturated carbocycles. The fraction of sp³-hybridized carbons (Fsp3) is 0.846. The van der Waals surface area contributed by atoms with Crippen molar-refractivity contribution in [3.8, 4) is 0 Å². The Morgan fingerprint density at radius 3 is 1.95 bits per heavy atom. The number of ether oxygens (including phenoxy) is 2. The van der Waals surface area contributed by atoms with Crippen LogP contribution < -0.4 is 0 Å². The Labute approximate surface area is 113 Å². The largest absolute Gasteiger partial charge is 0.479 e. The predicted molar refractivity (Wildman–Crippen MR) is 68.7 cm³/mol. The zero-order valence-electron chi connectivity index (χ0n) is 12.4. The van der Waals surface area contributed by atoms with E-state index in [0.717, 1.165) is 0 Å². The lowest BCUT2D eigenvalue weighted by atomic mass is 9.87. The lowest BCUT2D eigenvalue weighted by Crippen LogP contribution is -2.56. The van der Waals surface area contributed by atoms with Gasteiger partial charge in [0.15, 0.2) is 11.7 Å². The maximum atomic E-state index is 12.0. The molecule has 2 N–H and O–H groups in total. The standard InChI is InChI=1S/C13H24O6/c1-8(2)7-13(17,11(15)16)9(18-6)10(14)19-12(3,4)5/h8-9,17H,7H2,1-6H3,(H,15,16)/t9-,13+/m1/s1. The van der Waals surface area contributed by atoms with Crippen molar-refractivity contribution < 1.29 is 29.3 Å². The first kappa shape index (κ1) is 17.9. The molecule has 0 spiro atoms. The molecule has 0 heterocycles. The highest BCUT2D eigenvalue weighted by Crippen LogP contribution is 2.25. The Morgan fingerprint density at radius 1 is 1.21 bits per heavy atom. The van der Waals surface area contributed by atoms with Crippen molar-refractivity contribution in [3.63, 3.8) is 0 Å². The van der Waals surface area contributed by atoms with E-state index in [4.69, 9.17) is 9.47 Å². The molecule has 0 aliphatic carbocycles. The molecule has 2 atom stereocenters. The van der Waals surface area contributed by atoms with Crippen molar-refractivity contribution in [1.29, 1.82) is 0 Å². The molecule has 0 saturated heterocycles. The van der Waals surface area contributed by atoms with E-state index >= 15 is 0 Å². The molecule has 0 fully saturated rings. The lowest BCUT2D eigenvalue weighted by Gasteiger charge is -2.33. The molecule has 0 aromatic heterocycles. The first-order valence-electron chi connectivity index (χ1n) is 6.15. The third-order valence-corrected chi connectivity index (χ3v) is 2.38. The van der Waals surface area contributed by atoms with Crippen molar-refractivity contribution in [2.24, 2.45) is 5.92 Å². The van der Waals surface area contributed by atoms with Crippen LogP contribution in [0.5, 0.6) is 0 Å². The summed E-state index contributed by atoms with van der Waals surface area (Å²) in [5.74, 6) is -2.51. The summed E-state index contributed by atoms with van der Waals surface area (Å²) in [6, 6.07) is 0. The van der Waals surface area contributed by atoms with Gasteiger partial charge in [0, 0.05) is 7.11 Å². The lowest BCUT2D eigenvalue weighted by molar-refractivity contribution is -0.198. The zero-order valence-corrected chi connectivity index (χ0v) is 12.4. The molecule has 0 amide bonds. The van der Waals surface area contributed by atoms with E-state index in [-0.39, 0.29) is 12.3 Å². The summed E-state index contributed by atoms with van der Waals surface area (Å²) in [4.78, 5) is 23.2. The van der Waals surface area contributed by atoms with Gasteiger partial charge < -0.3 is 19.7 Å². The maximum absolute atomic E-state index is 12.0. The van der Waals surface area contributed by atoms with Crippen LogP contribution in [0.1, 0.15) is 41.0 Å². The summed E-state index contributed by atoms with van der Waals surface area (Å²) in [5.41, 5.74) is -3.09. The second kappa shape index (κ2) is 6.34. The minimum atomic E-state index is -2.30. The number of rotatable bonds is 6. The summed E-state index contributed by atoms with van der Waals surface area (Å²) >= 11 is 0. The molecule has 0 radical (unpaired) electrons. The molecule has 19 heavy (non-hydrogen) atoms. The van der Waals surface area contributed by atoms with Crippen LogP contribution in [0.3, 0.4) is 0 Å². The molecule has 6 heteroatoms. The molecule has 0 rings (SSSR count). The smallest absolute Gasteiger partial charge is 0.339 e. The van der Waals surface area contributed by atoms with Crippen LogP contribution in [0.2, 0.25) is 0 Å². The number of aliphatic hydroxyl groups is 1. The third kappa shape index (κ3) is 5.16. The highest BCUT2D eigenvalue weighted by Gasteiger charge is 2.50. The SMILES string of the molecule is CO[C@H](C(=O)OC(C)(C)C)[C@@](O)(CC(C)C)C(=O)O. The summed E-state index contributed by atoms with van der Waals surface area (Å²) in [6.07, 6.45) is -1.67. The number of carboxylic acid groups (broad SMARTS) is 1. The van der Waals surface area contributed by atoms with E-state index in [9.17, 15) is 19.8 Å². The monoisotopic (exact) mass is 276 g/mol. The maximum Gasteiger partial charge on any atom is 0.339 e. The Hall–Kier alpha value is -1.14. The number of carbonyl (C=O) groups excluding carboxylic acids is 1. The Morgan fingerprint density at radius 2 is 1.68 bits per heavy atom. The van der Waals surface area contributed by atoms with Crippen LogP contribution in [-0.2, 0) is 19.1 Å². The van der Waals surface area contributed by atoms with Crippen molar-refractivity contribution in [1.82, 2.24) is 0 Å². The predicted octanol–water partition coefficient (Wildman–Crippen LogP) is 1.20. The van der Waals surface area contributed by atoms with Crippen molar-refractivity contribution in [2.75, 3.05) is 7.11 Å². The molecule has 0 aromatic rings. The van der Waals surface area contributed by atoms with Crippen LogP contribution in [0, 0.1) is 5.92 Å². The number of methoxy groups -OCH3 is 1. The first-order valence-corrected chi connectivity index (χ1v) is 6.15. The molecule has 0 aliphatic heterocycles. The van der Waals surface area contributed by atoms with Crippen LogP contribution in [0.15, 0.2) is 0 Å².